The van der Waals surface area contributed by atoms with Gasteiger partial charge in [-0.05, 0) is 17.7 Å². The minimum atomic E-state index is 0.527. The first kappa shape index (κ1) is 16.6. The number of rotatable bonds is 6. The number of ether oxygens (including phenoxy) is 2. The molecule has 1 aromatic carbocycles. The Morgan fingerprint density at radius 2 is 2.14 bits per heavy atom. The van der Waals surface area contributed by atoms with Crippen LogP contribution in [0.25, 0.3) is 0 Å². The second kappa shape index (κ2) is 8.60. The first-order valence-electron chi connectivity index (χ1n) is 7.64. The Balaban J connectivity index is 1.79. The van der Waals surface area contributed by atoms with Crippen molar-refractivity contribution in [3.05, 3.63) is 29.8 Å². The van der Waals surface area contributed by atoms with Gasteiger partial charge in [-0.15, -0.1) is 0 Å². The fraction of sp³-hybridized carbons (Fsp3) is 0.562. The number of aliphatic imine (C=N–C) groups is 1. The Hall–Kier alpha value is -1.79. The van der Waals surface area contributed by atoms with Crippen LogP contribution in [0.4, 0.5) is 0 Å². The highest BCUT2D eigenvalue weighted by atomic mass is 16.5. The molecule has 1 aliphatic heterocycles. The van der Waals surface area contributed by atoms with Crippen LogP contribution in [-0.4, -0.2) is 69.3 Å². The van der Waals surface area contributed by atoms with Gasteiger partial charge in [0.05, 0.1) is 19.8 Å². The highest BCUT2D eigenvalue weighted by molar-refractivity contribution is 5.77. The first-order valence-corrected chi connectivity index (χ1v) is 7.64. The molecule has 1 aromatic rings. The molecule has 0 bridgehead atoms. The molecular weight excluding hydrogens is 280 g/mol. The summed E-state index contributed by atoms with van der Waals surface area (Å²) >= 11 is 0. The van der Waals surface area contributed by atoms with Gasteiger partial charge in [0.2, 0.25) is 0 Å². The van der Waals surface area contributed by atoms with Crippen LogP contribution in [0.5, 0.6) is 5.75 Å². The zero-order valence-corrected chi connectivity index (χ0v) is 13.5. The number of nitrogens with two attached hydrogens (primary N) is 1. The minimum Gasteiger partial charge on any atom is -0.492 e. The molecular formula is C16H26N4O2. The molecule has 0 radical (unpaired) electrons. The third-order valence-electron chi connectivity index (χ3n) is 3.56. The molecule has 0 amide bonds. The van der Waals surface area contributed by atoms with E-state index in [-0.39, 0.29) is 0 Å². The maximum atomic E-state index is 5.83. The molecule has 0 atom stereocenters. The smallest absolute Gasteiger partial charge is 0.191 e. The summed E-state index contributed by atoms with van der Waals surface area (Å²) in [6.45, 7) is 5.79. The van der Waals surface area contributed by atoms with Crippen LogP contribution in [0.1, 0.15) is 5.56 Å². The average molecular weight is 306 g/mol. The van der Waals surface area contributed by atoms with Crippen molar-refractivity contribution in [3.8, 4) is 5.75 Å². The Bertz CT molecular complexity index is 485. The first-order chi connectivity index (χ1) is 10.6. The minimum absolute atomic E-state index is 0.527. The van der Waals surface area contributed by atoms with Crippen LogP contribution in [0, 0.1) is 0 Å². The van der Waals surface area contributed by atoms with Gasteiger partial charge in [0.1, 0.15) is 12.4 Å². The highest BCUT2D eigenvalue weighted by Gasteiger charge is 2.09. The highest BCUT2D eigenvalue weighted by Crippen LogP contribution is 2.14. The van der Waals surface area contributed by atoms with E-state index in [1.165, 1.54) is 0 Å². The number of benzene rings is 1. The molecule has 6 heteroatoms. The second-order valence-electron chi connectivity index (χ2n) is 5.52. The van der Waals surface area contributed by atoms with E-state index in [4.69, 9.17) is 15.2 Å². The largest absolute Gasteiger partial charge is 0.492 e. The monoisotopic (exact) mass is 306 g/mol. The third-order valence-corrected chi connectivity index (χ3v) is 3.56. The van der Waals surface area contributed by atoms with E-state index in [2.05, 4.69) is 9.89 Å². The predicted molar refractivity (Wildman–Crippen MR) is 88.2 cm³/mol. The van der Waals surface area contributed by atoms with Gasteiger partial charge in [0.25, 0.3) is 0 Å². The molecule has 2 rings (SSSR count). The molecule has 1 heterocycles. The standard InChI is InChI=1S/C16H26N4O2/c1-19(2)16(17)18-13-14-4-3-5-15(12-14)22-11-8-20-6-9-21-10-7-20/h3-5,12H,6-11,13H2,1-2H3,(H2,17,18). The summed E-state index contributed by atoms with van der Waals surface area (Å²) in [6, 6.07) is 8.01. The van der Waals surface area contributed by atoms with Gasteiger partial charge in [-0.25, -0.2) is 4.99 Å². The lowest BCUT2D eigenvalue weighted by molar-refractivity contribution is 0.0322. The molecule has 0 saturated carbocycles. The quantitative estimate of drug-likeness (QED) is 0.621. The number of nitrogens with zero attached hydrogens (tertiary/aromatic N) is 3. The molecule has 0 aromatic heterocycles. The van der Waals surface area contributed by atoms with Crippen LogP contribution in [0.3, 0.4) is 0 Å². The van der Waals surface area contributed by atoms with E-state index in [0.717, 1.165) is 44.2 Å². The van der Waals surface area contributed by atoms with Crippen LogP contribution in [-0.2, 0) is 11.3 Å². The van der Waals surface area contributed by atoms with E-state index < -0.39 is 0 Å². The molecule has 6 nitrogen and oxygen atoms in total. The number of guanidine groups is 1. The fourth-order valence-corrected chi connectivity index (χ4v) is 2.16. The SMILES string of the molecule is CN(C)C(N)=NCc1cccc(OCCN2CCOCC2)c1. The van der Waals surface area contributed by atoms with Crippen molar-refractivity contribution in [2.75, 3.05) is 53.6 Å². The molecule has 0 unspecified atom stereocenters. The summed E-state index contributed by atoms with van der Waals surface area (Å²) in [4.78, 5) is 8.48. The van der Waals surface area contributed by atoms with Crippen molar-refractivity contribution in [1.82, 2.24) is 9.80 Å². The van der Waals surface area contributed by atoms with Gasteiger partial charge in [0, 0.05) is 33.7 Å². The van der Waals surface area contributed by atoms with Crippen molar-refractivity contribution in [2.45, 2.75) is 6.54 Å². The molecule has 0 aliphatic carbocycles. The van der Waals surface area contributed by atoms with Crippen molar-refractivity contribution in [1.29, 1.82) is 0 Å². The maximum absolute atomic E-state index is 5.83. The molecule has 0 spiro atoms. The molecule has 22 heavy (non-hydrogen) atoms. The zero-order chi connectivity index (χ0) is 15.8. The molecule has 122 valence electrons. The van der Waals surface area contributed by atoms with Gasteiger partial charge < -0.3 is 20.1 Å². The van der Waals surface area contributed by atoms with Crippen molar-refractivity contribution in [2.24, 2.45) is 10.7 Å². The van der Waals surface area contributed by atoms with Gasteiger partial charge in [0.15, 0.2) is 5.96 Å². The van der Waals surface area contributed by atoms with Crippen molar-refractivity contribution >= 4 is 5.96 Å². The van der Waals surface area contributed by atoms with E-state index in [0.29, 0.717) is 19.1 Å². The maximum Gasteiger partial charge on any atom is 0.191 e. The van der Waals surface area contributed by atoms with E-state index in [9.17, 15) is 0 Å². The molecule has 1 fully saturated rings. The van der Waals surface area contributed by atoms with Gasteiger partial charge in [-0.1, -0.05) is 12.1 Å². The zero-order valence-electron chi connectivity index (χ0n) is 13.5. The number of hydrogen-bond acceptors (Lipinski definition) is 4. The molecule has 1 aliphatic rings. The fourth-order valence-electron chi connectivity index (χ4n) is 2.16. The van der Waals surface area contributed by atoms with Crippen LogP contribution in [0.2, 0.25) is 0 Å². The van der Waals surface area contributed by atoms with Crippen molar-refractivity contribution < 1.29 is 9.47 Å². The summed E-state index contributed by atoms with van der Waals surface area (Å²) in [6.07, 6.45) is 0. The van der Waals surface area contributed by atoms with Crippen LogP contribution in [0.15, 0.2) is 29.3 Å². The topological polar surface area (TPSA) is 63.3 Å². The lowest BCUT2D eigenvalue weighted by atomic mass is 10.2. The number of morpholine rings is 1. The second-order valence-corrected chi connectivity index (χ2v) is 5.52. The lowest BCUT2D eigenvalue weighted by Gasteiger charge is -2.26. The average Bonchev–Trinajstić information content (AvgIpc) is 2.54. The third kappa shape index (κ3) is 5.54. The van der Waals surface area contributed by atoms with Crippen LogP contribution >= 0.6 is 0 Å². The van der Waals surface area contributed by atoms with Gasteiger partial charge in [-0.3, -0.25) is 4.90 Å². The lowest BCUT2D eigenvalue weighted by Crippen LogP contribution is -2.38. The Kier molecular flexibility index (Phi) is 6.48. The summed E-state index contributed by atoms with van der Waals surface area (Å²) < 4.78 is 11.2. The summed E-state index contributed by atoms with van der Waals surface area (Å²) in [5.41, 5.74) is 6.89. The Labute approximate surface area is 132 Å². The Morgan fingerprint density at radius 3 is 2.86 bits per heavy atom. The Morgan fingerprint density at radius 1 is 1.36 bits per heavy atom. The van der Waals surface area contributed by atoms with Gasteiger partial charge >= 0.3 is 0 Å². The molecule has 2 N–H and O–H groups in total. The van der Waals surface area contributed by atoms with E-state index in [1.807, 2.05) is 38.4 Å². The number of hydrogen-bond donors (Lipinski definition) is 1. The van der Waals surface area contributed by atoms with Gasteiger partial charge in [-0.2, -0.15) is 0 Å². The summed E-state index contributed by atoms with van der Waals surface area (Å²) in [5.74, 6) is 1.41. The van der Waals surface area contributed by atoms with Crippen molar-refractivity contribution in [3.63, 3.8) is 0 Å². The van der Waals surface area contributed by atoms with E-state index >= 15 is 0 Å². The molecule has 1 saturated heterocycles. The van der Waals surface area contributed by atoms with Crippen LogP contribution < -0.4 is 10.5 Å². The van der Waals surface area contributed by atoms with E-state index in [1.54, 1.807) is 4.90 Å². The predicted octanol–water partition coefficient (Wildman–Crippen LogP) is 0.774. The summed E-state index contributed by atoms with van der Waals surface area (Å²) in [7, 11) is 3.76. The summed E-state index contributed by atoms with van der Waals surface area (Å²) in [5, 5.41) is 0. The normalized spacial score (nSPS) is 16.5.